The molecule has 0 saturated heterocycles. The smallest absolute Gasteiger partial charge is 0.171 e. The average molecular weight is 197 g/mol. The van der Waals surface area contributed by atoms with E-state index in [0.29, 0.717) is 11.5 Å². The molecule has 2 aromatic rings. The largest absolute Gasteiger partial charge is 0.458 e. The SMILES string of the molecule is C1=COc2cc3[nH]cnc3cc2O1.[Na]. The van der Waals surface area contributed by atoms with Crippen molar-refractivity contribution in [2.24, 2.45) is 0 Å². The molecule has 0 spiro atoms. The van der Waals surface area contributed by atoms with Crippen molar-refractivity contribution >= 4 is 40.6 Å². The fourth-order valence-corrected chi connectivity index (χ4v) is 1.33. The molecule has 2 heterocycles. The predicted molar refractivity (Wildman–Crippen MR) is 52.2 cm³/mol. The molecule has 1 radical (unpaired) electrons. The summed E-state index contributed by atoms with van der Waals surface area (Å²) in [5, 5.41) is 0. The number of nitrogens with zero attached hydrogens (tertiary/aromatic N) is 1. The quantitative estimate of drug-likeness (QED) is 0.650. The zero-order valence-corrected chi connectivity index (χ0v) is 9.65. The third-order valence-corrected chi connectivity index (χ3v) is 1.93. The first-order chi connectivity index (χ1) is 6.43. The summed E-state index contributed by atoms with van der Waals surface area (Å²) in [7, 11) is 0. The van der Waals surface area contributed by atoms with E-state index in [9.17, 15) is 0 Å². The van der Waals surface area contributed by atoms with E-state index in [1.807, 2.05) is 12.1 Å². The minimum absolute atomic E-state index is 0. The second-order valence-corrected chi connectivity index (χ2v) is 2.73. The Morgan fingerprint density at radius 3 is 2.57 bits per heavy atom. The minimum Gasteiger partial charge on any atom is -0.458 e. The van der Waals surface area contributed by atoms with E-state index in [1.54, 1.807) is 6.33 Å². The van der Waals surface area contributed by atoms with Crippen LogP contribution >= 0.6 is 0 Å². The van der Waals surface area contributed by atoms with E-state index < -0.39 is 0 Å². The monoisotopic (exact) mass is 197 g/mol. The zero-order chi connectivity index (χ0) is 8.67. The Morgan fingerprint density at radius 2 is 1.79 bits per heavy atom. The van der Waals surface area contributed by atoms with Crippen LogP contribution in [0.3, 0.4) is 0 Å². The molecule has 14 heavy (non-hydrogen) atoms. The molecule has 0 amide bonds. The molecule has 4 nitrogen and oxygen atoms in total. The van der Waals surface area contributed by atoms with Gasteiger partial charge in [0.05, 0.1) is 17.4 Å². The van der Waals surface area contributed by atoms with Crippen LogP contribution in [0.4, 0.5) is 0 Å². The van der Waals surface area contributed by atoms with Crippen LogP contribution in [0.5, 0.6) is 11.5 Å². The van der Waals surface area contributed by atoms with Gasteiger partial charge in [-0.15, -0.1) is 0 Å². The van der Waals surface area contributed by atoms with Gasteiger partial charge in [-0.05, 0) is 0 Å². The molecule has 65 valence electrons. The number of imidazole rings is 1. The summed E-state index contributed by atoms with van der Waals surface area (Å²) in [5.74, 6) is 1.40. The molecule has 1 aromatic carbocycles. The van der Waals surface area contributed by atoms with Gasteiger partial charge in [0.1, 0.15) is 12.5 Å². The van der Waals surface area contributed by atoms with Gasteiger partial charge >= 0.3 is 0 Å². The molecule has 1 N–H and O–H groups in total. The van der Waals surface area contributed by atoms with Gasteiger partial charge in [0.25, 0.3) is 0 Å². The van der Waals surface area contributed by atoms with Gasteiger partial charge in [-0.2, -0.15) is 0 Å². The second kappa shape index (κ2) is 3.65. The number of hydrogen-bond acceptors (Lipinski definition) is 3. The number of benzene rings is 1. The first-order valence-electron chi connectivity index (χ1n) is 3.89. The minimum atomic E-state index is 0. The van der Waals surface area contributed by atoms with E-state index in [2.05, 4.69) is 9.97 Å². The normalized spacial score (nSPS) is 12.6. The summed E-state index contributed by atoms with van der Waals surface area (Å²) < 4.78 is 10.5. The van der Waals surface area contributed by atoms with Crippen LogP contribution in [0.2, 0.25) is 0 Å². The molecule has 0 unspecified atom stereocenters. The first kappa shape index (κ1) is 9.58. The molecule has 0 bridgehead atoms. The molecule has 5 heteroatoms. The van der Waals surface area contributed by atoms with Crippen LogP contribution in [0.25, 0.3) is 11.0 Å². The molecule has 1 aromatic heterocycles. The molecule has 1 aliphatic rings. The van der Waals surface area contributed by atoms with Gasteiger partial charge in [-0.1, -0.05) is 0 Å². The van der Waals surface area contributed by atoms with E-state index in [0.717, 1.165) is 11.0 Å². The molecular formula is C9H6N2NaO2. The summed E-state index contributed by atoms with van der Waals surface area (Å²) in [6.45, 7) is 0. The summed E-state index contributed by atoms with van der Waals surface area (Å²) in [6, 6.07) is 3.70. The zero-order valence-electron chi connectivity index (χ0n) is 7.65. The Morgan fingerprint density at radius 1 is 1.07 bits per heavy atom. The second-order valence-electron chi connectivity index (χ2n) is 2.73. The van der Waals surface area contributed by atoms with Crippen LogP contribution < -0.4 is 9.47 Å². The van der Waals surface area contributed by atoms with Gasteiger partial charge in [0.2, 0.25) is 0 Å². The van der Waals surface area contributed by atoms with Gasteiger partial charge in [0, 0.05) is 41.7 Å². The van der Waals surface area contributed by atoms with Crippen molar-refractivity contribution in [3.63, 3.8) is 0 Å². The van der Waals surface area contributed by atoms with Gasteiger partial charge in [-0.3, -0.25) is 0 Å². The van der Waals surface area contributed by atoms with Crippen molar-refractivity contribution in [1.29, 1.82) is 0 Å². The maximum Gasteiger partial charge on any atom is 0.171 e. The summed E-state index contributed by atoms with van der Waals surface area (Å²) in [5.41, 5.74) is 1.82. The molecular weight excluding hydrogens is 191 g/mol. The summed E-state index contributed by atoms with van der Waals surface area (Å²) in [6.07, 6.45) is 4.65. The Hall–Kier alpha value is -0.970. The number of aromatic nitrogens is 2. The van der Waals surface area contributed by atoms with Crippen LogP contribution in [0, 0.1) is 0 Å². The summed E-state index contributed by atoms with van der Waals surface area (Å²) >= 11 is 0. The van der Waals surface area contributed by atoms with Crippen molar-refractivity contribution in [3.8, 4) is 11.5 Å². The number of nitrogens with one attached hydrogen (secondary N) is 1. The van der Waals surface area contributed by atoms with Gasteiger partial charge < -0.3 is 14.5 Å². The standard InChI is InChI=1S/C9H6N2O2.Na/c1-2-13-9-4-7-6(10-5-11-7)3-8(9)12-1;/h1-5H,(H,10,11);. The third kappa shape index (κ3) is 1.41. The van der Waals surface area contributed by atoms with E-state index in [1.165, 1.54) is 12.5 Å². The van der Waals surface area contributed by atoms with E-state index >= 15 is 0 Å². The number of rotatable bonds is 0. The Labute approximate surface area is 102 Å². The third-order valence-electron chi connectivity index (χ3n) is 1.93. The number of hydrogen-bond donors (Lipinski definition) is 1. The summed E-state index contributed by atoms with van der Waals surface area (Å²) in [4.78, 5) is 7.11. The fraction of sp³-hybridized carbons (Fsp3) is 0. The number of fused-ring (bicyclic) bond motifs is 2. The molecule has 0 aliphatic carbocycles. The van der Waals surface area contributed by atoms with Crippen LogP contribution in [-0.2, 0) is 0 Å². The van der Waals surface area contributed by atoms with Crippen molar-refractivity contribution in [2.75, 3.05) is 0 Å². The molecule has 1 aliphatic heterocycles. The first-order valence-corrected chi connectivity index (χ1v) is 3.89. The Balaban J connectivity index is 0.000000750. The van der Waals surface area contributed by atoms with Gasteiger partial charge in [0.15, 0.2) is 11.5 Å². The number of aromatic amines is 1. The topological polar surface area (TPSA) is 47.1 Å². The van der Waals surface area contributed by atoms with Crippen LogP contribution in [-0.4, -0.2) is 39.5 Å². The molecule has 0 saturated carbocycles. The number of H-pyrrole nitrogens is 1. The van der Waals surface area contributed by atoms with Crippen LogP contribution in [0.1, 0.15) is 0 Å². The average Bonchev–Trinajstić information content (AvgIpc) is 2.61. The number of ether oxygens (including phenoxy) is 2. The van der Waals surface area contributed by atoms with Gasteiger partial charge in [-0.25, -0.2) is 4.98 Å². The Bertz CT molecular complexity index is 451. The van der Waals surface area contributed by atoms with E-state index in [4.69, 9.17) is 9.47 Å². The molecule has 0 atom stereocenters. The van der Waals surface area contributed by atoms with Crippen LogP contribution in [0.15, 0.2) is 31.0 Å². The maximum absolute atomic E-state index is 5.25. The molecule has 0 fully saturated rings. The van der Waals surface area contributed by atoms with Crippen molar-refractivity contribution in [3.05, 3.63) is 31.0 Å². The van der Waals surface area contributed by atoms with Crippen molar-refractivity contribution < 1.29 is 9.47 Å². The Kier molecular flexibility index (Phi) is 2.50. The maximum atomic E-state index is 5.25. The van der Waals surface area contributed by atoms with Crippen molar-refractivity contribution in [1.82, 2.24) is 9.97 Å². The predicted octanol–water partition coefficient (Wildman–Crippen LogP) is 1.42. The molecule has 3 rings (SSSR count). The van der Waals surface area contributed by atoms with Crippen molar-refractivity contribution in [2.45, 2.75) is 0 Å². The fourth-order valence-electron chi connectivity index (χ4n) is 1.33. The van der Waals surface area contributed by atoms with E-state index in [-0.39, 0.29) is 29.6 Å².